The Kier molecular flexibility index (Phi) is 4.13. The van der Waals surface area contributed by atoms with Crippen LogP contribution in [0.1, 0.15) is 27.7 Å². The Labute approximate surface area is 151 Å². The van der Waals surface area contributed by atoms with Crippen molar-refractivity contribution in [3.63, 3.8) is 0 Å². The highest BCUT2D eigenvalue weighted by molar-refractivity contribution is 7.80. The smallest absolute Gasteiger partial charge is 0.268 e. The maximum absolute atomic E-state index is 6.06. The molecule has 0 bridgehead atoms. The van der Waals surface area contributed by atoms with Crippen molar-refractivity contribution in [3.05, 3.63) is 18.7 Å². The van der Waals surface area contributed by atoms with Gasteiger partial charge in [-0.3, -0.25) is 4.57 Å². The van der Waals surface area contributed by atoms with Gasteiger partial charge in [-0.1, -0.05) is 0 Å². The van der Waals surface area contributed by atoms with Crippen LogP contribution in [0.4, 0.5) is 0 Å². The number of ether oxygens (including phenoxy) is 6. The maximum atomic E-state index is 6.06. The van der Waals surface area contributed by atoms with Gasteiger partial charge in [0.2, 0.25) is 0 Å². The van der Waals surface area contributed by atoms with Gasteiger partial charge in [0.25, 0.3) is 5.17 Å². The largest absolute Gasteiger partial charge is 0.468 e. The Morgan fingerprint density at radius 3 is 2.48 bits per heavy atom. The summed E-state index contributed by atoms with van der Waals surface area (Å²) in [6, 6.07) is 0. The molecule has 3 aliphatic rings. The fourth-order valence-electron chi connectivity index (χ4n) is 3.42. The number of aromatic nitrogens is 2. The maximum Gasteiger partial charge on any atom is 0.268 e. The van der Waals surface area contributed by atoms with Crippen LogP contribution in [0.25, 0.3) is 0 Å². The molecule has 0 N–H and O–H groups in total. The van der Waals surface area contributed by atoms with Crippen molar-refractivity contribution >= 4 is 17.4 Å². The van der Waals surface area contributed by atoms with Crippen molar-refractivity contribution in [2.24, 2.45) is 0 Å². The summed E-state index contributed by atoms with van der Waals surface area (Å²) in [7, 11) is 0. The molecule has 0 amide bonds. The van der Waals surface area contributed by atoms with Gasteiger partial charge in [0, 0.05) is 12.4 Å². The minimum atomic E-state index is -0.738. The first kappa shape index (κ1) is 17.3. The van der Waals surface area contributed by atoms with E-state index in [1.807, 2.05) is 27.7 Å². The number of thiocarbonyl (C=S) groups is 1. The normalized spacial score (nSPS) is 38.2. The van der Waals surface area contributed by atoms with E-state index >= 15 is 0 Å². The lowest BCUT2D eigenvalue weighted by molar-refractivity contribution is -0.239. The van der Waals surface area contributed by atoms with Crippen LogP contribution in [0.5, 0.6) is 0 Å². The molecule has 0 unspecified atom stereocenters. The Balaban J connectivity index is 1.49. The monoisotopic (exact) mass is 370 g/mol. The molecule has 0 spiro atoms. The molecule has 3 aliphatic heterocycles. The molecule has 0 aliphatic carbocycles. The second-order valence-corrected chi connectivity index (χ2v) is 7.60. The zero-order chi connectivity index (χ0) is 17.8. The molecule has 9 heteroatoms. The molecule has 0 radical (unpaired) electrons. The van der Waals surface area contributed by atoms with Crippen molar-refractivity contribution in [3.8, 4) is 0 Å². The summed E-state index contributed by atoms with van der Waals surface area (Å²) in [5.74, 6) is -1.47. The van der Waals surface area contributed by atoms with E-state index in [2.05, 4.69) is 4.98 Å². The Hall–Kier alpha value is -1.10. The predicted molar refractivity (Wildman–Crippen MR) is 88.7 cm³/mol. The standard InChI is InChI=1S/C16H22N2O6S/c1-15(2)21-10-9(7-19-14(25)18-6-5-17-8-18)20-13-12(11(10)22-15)23-16(3,4)24-13/h5-6,8-13H,7H2,1-4H3/t9-,10+,11+,12-,13-/m1/s1. The van der Waals surface area contributed by atoms with Crippen LogP contribution in [0.3, 0.4) is 0 Å². The Morgan fingerprint density at radius 2 is 1.76 bits per heavy atom. The number of rotatable bonds is 2. The van der Waals surface area contributed by atoms with E-state index < -0.39 is 24.0 Å². The van der Waals surface area contributed by atoms with Crippen LogP contribution < -0.4 is 0 Å². The zero-order valence-electron chi connectivity index (χ0n) is 14.6. The molecule has 138 valence electrons. The van der Waals surface area contributed by atoms with Crippen molar-refractivity contribution < 1.29 is 28.4 Å². The summed E-state index contributed by atoms with van der Waals surface area (Å²) in [6.45, 7) is 7.66. The van der Waals surface area contributed by atoms with Gasteiger partial charge < -0.3 is 28.4 Å². The third-order valence-electron chi connectivity index (χ3n) is 4.34. The number of hydrogen-bond acceptors (Lipinski definition) is 8. The summed E-state index contributed by atoms with van der Waals surface area (Å²) in [5.41, 5.74) is 0. The lowest BCUT2D eigenvalue weighted by atomic mass is 9.99. The number of fused-ring (bicyclic) bond motifs is 3. The highest BCUT2D eigenvalue weighted by Crippen LogP contribution is 2.44. The van der Waals surface area contributed by atoms with Gasteiger partial charge in [0.15, 0.2) is 17.9 Å². The molecular weight excluding hydrogens is 348 g/mol. The molecule has 0 saturated carbocycles. The fraction of sp³-hybridized carbons (Fsp3) is 0.750. The SMILES string of the molecule is CC1(C)O[C@H]2[C@@H](O1)[C@@H](COC(=S)n1ccnc1)O[C@@H]1OC(C)(C)O[C@@H]12. The van der Waals surface area contributed by atoms with Gasteiger partial charge in [-0.05, 0) is 39.9 Å². The average Bonchev–Trinajstić information content (AvgIpc) is 3.19. The second-order valence-electron chi connectivity index (χ2n) is 7.25. The highest BCUT2D eigenvalue weighted by Gasteiger charge is 2.60. The van der Waals surface area contributed by atoms with Gasteiger partial charge >= 0.3 is 0 Å². The van der Waals surface area contributed by atoms with Gasteiger partial charge in [-0.15, -0.1) is 0 Å². The predicted octanol–water partition coefficient (Wildman–Crippen LogP) is 1.43. The topological polar surface area (TPSA) is 73.2 Å². The Morgan fingerprint density at radius 1 is 1.08 bits per heavy atom. The molecule has 8 nitrogen and oxygen atoms in total. The van der Waals surface area contributed by atoms with Crippen LogP contribution >= 0.6 is 12.2 Å². The molecule has 0 aromatic carbocycles. The van der Waals surface area contributed by atoms with Crippen molar-refractivity contribution in [1.29, 1.82) is 0 Å². The number of nitrogens with zero attached hydrogens (tertiary/aromatic N) is 2. The quantitative estimate of drug-likeness (QED) is 0.724. The third kappa shape index (κ3) is 3.32. The van der Waals surface area contributed by atoms with Crippen LogP contribution in [-0.4, -0.2) is 63.6 Å². The van der Waals surface area contributed by atoms with Crippen molar-refractivity contribution in [2.75, 3.05) is 6.61 Å². The van der Waals surface area contributed by atoms with Crippen LogP contribution in [0.15, 0.2) is 18.7 Å². The fourth-order valence-corrected chi connectivity index (χ4v) is 3.60. The third-order valence-corrected chi connectivity index (χ3v) is 4.67. The first-order valence-corrected chi connectivity index (χ1v) is 8.67. The van der Waals surface area contributed by atoms with E-state index in [1.165, 1.54) is 0 Å². The summed E-state index contributed by atoms with van der Waals surface area (Å²) in [4.78, 5) is 3.95. The summed E-state index contributed by atoms with van der Waals surface area (Å²) >= 11 is 5.25. The first-order chi connectivity index (χ1) is 11.7. The van der Waals surface area contributed by atoms with Crippen LogP contribution in [-0.2, 0) is 28.4 Å². The van der Waals surface area contributed by atoms with E-state index in [-0.39, 0.29) is 24.9 Å². The van der Waals surface area contributed by atoms with Crippen LogP contribution in [0.2, 0.25) is 0 Å². The molecule has 3 fully saturated rings. The highest BCUT2D eigenvalue weighted by atomic mass is 32.1. The van der Waals surface area contributed by atoms with E-state index in [9.17, 15) is 0 Å². The lowest BCUT2D eigenvalue weighted by Gasteiger charge is -2.37. The molecule has 3 saturated heterocycles. The molecule has 1 aromatic heterocycles. The molecule has 4 rings (SSSR count). The van der Waals surface area contributed by atoms with Gasteiger partial charge in [0.05, 0.1) is 0 Å². The van der Waals surface area contributed by atoms with Crippen molar-refractivity contribution in [1.82, 2.24) is 9.55 Å². The molecule has 4 heterocycles. The van der Waals surface area contributed by atoms with E-state index in [0.29, 0.717) is 5.17 Å². The zero-order valence-corrected chi connectivity index (χ0v) is 15.4. The summed E-state index contributed by atoms with van der Waals surface area (Å²) in [5, 5.41) is 0.293. The van der Waals surface area contributed by atoms with Gasteiger partial charge in [0.1, 0.15) is 37.4 Å². The van der Waals surface area contributed by atoms with E-state index in [1.54, 1.807) is 23.3 Å². The number of hydrogen-bond donors (Lipinski definition) is 0. The van der Waals surface area contributed by atoms with E-state index in [0.717, 1.165) is 0 Å². The minimum Gasteiger partial charge on any atom is -0.468 e. The second kappa shape index (κ2) is 5.97. The lowest BCUT2D eigenvalue weighted by Crippen LogP contribution is -2.56. The minimum absolute atomic E-state index is 0.213. The van der Waals surface area contributed by atoms with E-state index in [4.69, 9.17) is 40.6 Å². The summed E-state index contributed by atoms with van der Waals surface area (Å²) in [6.07, 6.45) is 3.02. The molecule has 5 atom stereocenters. The van der Waals surface area contributed by atoms with Crippen molar-refractivity contribution in [2.45, 2.75) is 70.0 Å². The summed E-state index contributed by atoms with van der Waals surface area (Å²) < 4.78 is 37.3. The van der Waals surface area contributed by atoms with Crippen LogP contribution in [0, 0.1) is 0 Å². The molecule has 25 heavy (non-hydrogen) atoms. The molecular formula is C16H22N2O6S. The molecule has 1 aromatic rings. The first-order valence-electron chi connectivity index (χ1n) is 8.26. The average molecular weight is 370 g/mol. The van der Waals surface area contributed by atoms with Gasteiger partial charge in [-0.25, -0.2) is 4.98 Å². The van der Waals surface area contributed by atoms with Gasteiger partial charge in [-0.2, -0.15) is 0 Å². The number of imidazole rings is 1. The Bertz CT molecular complexity index is 649.